The Balaban J connectivity index is 1.87. The highest BCUT2D eigenvalue weighted by Crippen LogP contribution is 2.30. The van der Waals surface area contributed by atoms with Crippen molar-refractivity contribution in [1.29, 1.82) is 0 Å². The first kappa shape index (κ1) is 16.9. The van der Waals surface area contributed by atoms with E-state index in [0.717, 1.165) is 16.8 Å². The van der Waals surface area contributed by atoms with Gasteiger partial charge >= 0.3 is 0 Å². The van der Waals surface area contributed by atoms with Crippen LogP contribution in [0.2, 0.25) is 0 Å². The molecule has 0 aromatic heterocycles. The smallest absolute Gasteiger partial charge is 0.270 e. The summed E-state index contributed by atoms with van der Waals surface area (Å²) in [4.78, 5) is 27.5. The van der Waals surface area contributed by atoms with E-state index in [9.17, 15) is 14.9 Å². The van der Waals surface area contributed by atoms with Gasteiger partial charge in [0, 0.05) is 12.1 Å². The summed E-state index contributed by atoms with van der Waals surface area (Å²) >= 11 is 1.22. The van der Waals surface area contributed by atoms with Crippen LogP contribution >= 0.6 is 11.8 Å². The number of aliphatic imine (C=N–C) groups is 1. The molecule has 0 unspecified atom stereocenters. The maximum atomic E-state index is 12.1. The van der Waals surface area contributed by atoms with Crippen molar-refractivity contribution in [3.63, 3.8) is 0 Å². The number of nitro benzene ring substituents is 1. The second kappa shape index (κ2) is 6.90. The summed E-state index contributed by atoms with van der Waals surface area (Å²) in [6.07, 6.45) is 1.62. The fourth-order valence-corrected chi connectivity index (χ4v) is 3.16. The molecule has 2 aromatic carbocycles. The van der Waals surface area contributed by atoms with Gasteiger partial charge in [0.2, 0.25) is 0 Å². The Morgan fingerprint density at radius 1 is 1.20 bits per heavy atom. The molecule has 3 rings (SSSR count). The molecule has 0 saturated carbocycles. The number of rotatable bonds is 3. The van der Waals surface area contributed by atoms with Gasteiger partial charge in [-0.3, -0.25) is 14.9 Å². The lowest BCUT2D eigenvalue weighted by Gasteiger charge is -2.04. The first-order chi connectivity index (χ1) is 11.9. The van der Waals surface area contributed by atoms with Crippen LogP contribution in [-0.2, 0) is 4.79 Å². The number of nitrogens with one attached hydrogen (secondary N) is 1. The first-order valence-corrected chi connectivity index (χ1v) is 8.36. The molecule has 6 nitrogen and oxygen atoms in total. The molecule has 0 bridgehead atoms. The first-order valence-electron chi connectivity index (χ1n) is 7.54. The zero-order chi connectivity index (χ0) is 18.0. The number of thioether (sulfide) groups is 1. The van der Waals surface area contributed by atoms with Gasteiger partial charge in [0.1, 0.15) is 0 Å². The molecule has 1 fully saturated rings. The molecular formula is C18H15N3O3S. The highest BCUT2D eigenvalue weighted by molar-refractivity contribution is 8.18. The Labute approximate surface area is 148 Å². The number of amides is 1. The normalized spacial score (nSPS) is 17.1. The fraction of sp³-hybridized carbons (Fsp3) is 0.111. The molecule has 25 heavy (non-hydrogen) atoms. The number of hydrogen-bond acceptors (Lipinski definition) is 5. The van der Waals surface area contributed by atoms with Crippen molar-refractivity contribution in [1.82, 2.24) is 5.32 Å². The third kappa shape index (κ3) is 3.77. The van der Waals surface area contributed by atoms with Gasteiger partial charge in [0.05, 0.1) is 15.5 Å². The van der Waals surface area contributed by atoms with Crippen molar-refractivity contribution in [2.45, 2.75) is 13.8 Å². The molecule has 1 aliphatic rings. The second-order valence-electron chi connectivity index (χ2n) is 5.55. The van der Waals surface area contributed by atoms with Crippen LogP contribution in [0.15, 0.2) is 52.4 Å². The lowest BCUT2D eigenvalue weighted by molar-refractivity contribution is -0.384. The van der Waals surface area contributed by atoms with E-state index in [4.69, 9.17) is 0 Å². The summed E-state index contributed by atoms with van der Waals surface area (Å²) in [7, 11) is 0. The SMILES string of the molecule is Cc1cccc(N=C2NC(=O)C(=Cc3cccc([N+](=O)[O-])c3)S2)c1C. The van der Waals surface area contributed by atoms with Crippen LogP contribution in [0.4, 0.5) is 11.4 Å². The van der Waals surface area contributed by atoms with Crippen LogP contribution in [0.1, 0.15) is 16.7 Å². The van der Waals surface area contributed by atoms with Gasteiger partial charge < -0.3 is 5.32 Å². The third-order valence-corrected chi connectivity index (χ3v) is 4.74. The number of hydrogen-bond donors (Lipinski definition) is 1. The summed E-state index contributed by atoms with van der Waals surface area (Å²) in [5, 5.41) is 14.1. The summed E-state index contributed by atoms with van der Waals surface area (Å²) in [5.41, 5.74) is 3.57. The largest absolute Gasteiger partial charge is 0.300 e. The minimum absolute atomic E-state index is 0.0120. The van der Waals surface area contributed by atoms with Gasteiger partial charge in [-0.25, -0.2) is 4.99 Å². The van der Waals surface area contributed by atoms with E-state index in [2.05, 4.69) is 10.3 Å². The van der Waals surface area contributed by atoms with Gasteiger partial charge in [-0.2, -0.15) is 0 Å². The highest BCUT2D eigenvalue weighted by Gasteiger charge is 2.24. The van der Waals surface area contributed by atoms with E-state index < -0.39 is 4.92 Å². The second-order valence-corrected chi connectivity index (χ2v) is 6.58. The van der Waals surface area contributed by atoms with Gasteiger partial charge in [0.15, 0.2) is 5.17 Å². The fourth-order valence-electron chi connectivity index (χ4n) is 2.33. The summed E-state index contributed by atoms with van der Waals surface area (Å²) in [6.45, 7) is 3.99. The summed E-state index contributed by atoms with van der Waals surface area (Å²) in [6, 6.07) is 12.0. The van der Waals surface area contributed by atoms with E-state index in [0.29, 0.717) is 15.6 Å². The molecule has 2 aromatic rings. The predicted molar refractivity (Wildman–Crippen MR) is 99.8 cm³/mol. The zero-order valence-electron chi connectivity index (χ0n) is 13.6. The number of non-ortho nitro benzene ring substituents is 1. The van der Waals surface area contributed by atoms with Gasteiger partial charge in [-0.1, -0.05) is 24.3 Å². The Morgan fingerprint density at radius 3 is 2.72 bits per heavy atom. The Bertz CT molecular complexity index is 935. The quantitative estimate of drug-likeness (QED) is 0.511. The molecule has 0 spiro atoms. The van der Waals surface area contributed by atoms with Crippen LogP contribution < -0.4 is 5.32 Å². The number of nitrogens with zero attached hydrogens (tertiary/aromatic N) is 2. The zero-order valence-corrected chi connectivity index (χ0v) is 14.5. The minimum Gasteiger partial charge on any atom is -0.300 e. The Hall–Kier alpha value is -2.93. The van der Waals surface area contributed by atoms with E-state index in [-0.39, 0.29) is 11.6 Å². The van der Waals surface area contributed by atoms with Gasteiger partial charge in [0.25, 0.3) is 11.6 Å². The summed E-state index contributed by atoms with van der Waals surface area (Å²) < 4.78 is 0. The monoisotopic (exact) mass is 353 g/mol. The lowest BCUT2D eigenvalue weighted by Crippen LogP contribution is -2.19. The minimum atomic E-state index is -0.461. The molecule has 1 heterocycles. The van der Waals surface area contributed by atoms with Gasteiger partial charge in [-0.05, 0) is 54.4 Å². The van der Waals surface area contributed by atoms with E-state index >= 15 is 0 Å². The lowest BCUT2D eigenvalue weighted by atomic mass is 10.1. The number of carbonyl (C=O) groups is 1. The molecular weight excluding hydrogens is 338 g/mol. The van der Waals surface area contributed by atoms with Crippen LogP contribution in [0, 0.1) is 24.0 Å². The predicted octanol–water partition coefficient (Wildman–Crippen LogP) is 4.10. The van der Waals surface area contributed by atoms with Crippen LogP contribution in [0.25, 0.3) is 6.08 Å². The van der Waals surface area contributed by atoms with Crippen LogP contribution in [-0.4, -0.2) is 16.0 Å². The van der Waals surface area contributed by atoms with Crippen molar-refractivity contribution in [3.8, 4) is 0 Å². The number of carbonyl (C=O) groups excluding carboxylic acids is 1. The average molecular weight is 353 g/mol. The number of aryl methyl sites for hydroxylation is 1. The average Bonchev–Trinajstić information content (AvgIpc) is 2.91. The van der Waals surface area contributed by atoms with Crippen molar-refractivity contribution in [2.75, 3.05) is 0 Å². The molecule has 0 radical (unpaired) electrons. The van der Waals surface area contributed by atoms with E-state index in [1.165, 1.54) is 23.9 Å². The molecule has 1 amide bonds. The Kier molecular flexibility index (Phi) is 4.67. The number of benzene rings is 2. The highest BCUT2D eigenvalue weighted by atomic mass is 32.2. The maximum absolute atomic E-state index is 12.1. The van der Waals surface area contributed by atoms with E-state index in [1.54, 1.807) is 18.2 Å². The van der Waals surface area contributed by atoms with Crippen molar-refractivity contribution < 1.29 is 9.72 Å². The molecule has 7 heteroatoms. The maximum Gasteiger partial charge on any atom is 0.270 e. The van der Waals surface area contributed by atoms with Crippen LogP contribution in [0.5, 0.6) is 0 Å². The number of amidine groups is 1. The van der Waals surface area contributed by atoms with Crippen molar-refractivity contribution >= 4 is 40.3 Å². The molecule has 0 aliphatic carbocycles. The van der Waals surface area contributed by atoms with Crippen molar-refractivity contribution in [3.05, 3.63) is 74.2 Å². The molecule has 1 aliphatic heterocycles. The summed E-state index contributed by atoms with van der Waals surface area (Å²) in [5.74, 6) is -0.263. The van der Waals surface area contributed by atoms with E-state index in [1.807, 2.05) is 32.0 Å². The standard InChI is InChI=1S/C18H15N3O3S/c1-11-5-3-8-15(12(11)2)19-18-20-17(22)16(25-18)10-13-6-4-7-14(9-13)21(23)24/h3-10H,1-2H3,(H,19,20,22). The molecule has 126 valence electrons. The van der Waals surface area contributed by atoms with Crippen molar-refractivity contribution in [2.24, 2.45) is 4.99 Å². The number of nitro groups is 1. The molecule has 1 saturated heterocycles. The third-order valence-electron chi connectivity index (χ3n) is 3.83. The molecule has 0 atom stereocenters. The Morgan fingerprint density at radius 2 is 1.96 bits per heavy atom. The van der Waals surface area contributed by atoms with Gasteiger partial charge in [-0.15, -0.1) is 0 Å². The van der Waals surface area contributed by atoms with Crippen LogP contribution in [0.3, 0.4) is 0 Å². The topological polar surface area (TPSA) is 84.6 Å². The molecule has 1 N–H and O–H groups in total.